The zero-order chi connectivity index (χ0) is 23.0. The molecule has 170 valence electrons. The van der Waals surface area contributed by atoms with Crippen molar-refractivity contribution < 1.29 is 26.4 Å². The number of aromatic amines is 1. The maximum atomic E-state index is 14.4. The van der Waals surface area contributed by atoms with Gasteiger partial charge in [0.25, 0.3) is 0 Å². The quantitative estimate of drug-likeness (QED) is 0.543. The van der Waals surface area contributed by atoms with E-state index in [4.69, 9.17) is 0 Å². The second kappa shape index (κ2) is 8.61. The van der Waals surface area contributed by atoms with Gasteiger partial charge in [0.05, 0.1) is 17.0 Å². The number of carbonyl (C=O) groups is 1. The van der Waals surface area contributed by atoms with Crippen LogP contribution in [0.15, 0.2) is 36.4 Å². The lowest BCUT2D eigenvalue weighted by Gasteiger charge is -2.36. The van der Waals surface area contributed by atoms with Crippen LogP contribution in [0.3, 0.4) is 0 Å². The molecule has 0 spiro atoms. The highest BCUT2D eigenvalue weighted by molar-refractivity contribution is 7.90. The zero-order valence-corrected chi connectivity index (χ0v) is 18.2. The van der Waals surface area contributed by atoms with Crippen LogP contribution in [0, 0.1) is 17.5 Å². The highest BCUT2D eigenvalue weighted by atomic mass is 32.2. The molecule has 0 bridgehead atoms. The predicted octanol–water partition coefficient (Wildman–Crippen LogP) is 4.44. The van der Waals surface area contributed by atoms with Crippen molar-refractivity contribution in [1.82, 2.24) is 10.3 Å². The Morgan fingerprint density at radius 2 is 1.78 bits per heavy atom. The van der Waals surface area contributed by atoms with Crippen molar-refractivity contribution in [3.63, 3.8) is 0 Å². The maximum Gasteiger partial charge on any atom is 0.220 e. The van der Waals surface area contributed by atoms with Crippen LogP contribution in [0.5, 0.6) is 0 Å². The molecule has 9 heteroatoms. The molecule has 5 nitrogen and oxygen atoms in total. The second-order valence-corrected chi connectivity index (χ2v) is 10.7. The lowest BCUT2D eigenvalue weighted by atomic mass is 9.74. The van der Waals surface area contributed by atoms with Gasteiger partial charge in [0.1, 0.15) is 27.3 Å². The third kappa shape index (κ3) is 4.82. The Balaban J connectivity index is 1.54. The number of halogens is 3. The first-order valence-electron chi connectivity index (χ1n) is 10.3. The Kier molecular flexibility index (Phi) is 6.03. The molecule has 0 aliphatic heterocycles. The molecule has 2 aromatic carbocycles. The van der Waals surface area contributed by atoms with E-state index in [0.29, 0.717) is 29.5 Å². The molecule has 1 fully saturated rings. The number of benzene rings is 2. The molecule has 1 aliphatic rings. The molecule has 1 amide bonds. The van der Waals surface area contributed by atoms with E-state index in [1.54, 1.807) is 12.1 Å². The molecule has 2 N–H and O–H groups in total. The number of fused-ring (bicyclic) bond motifs is 1. The number of H-pyrrole nitrogens is 1. The summed E-state index contributed by atoms with van der Waals surface area (Å²) in [7, 11) is -3.11. The van der Waals surface area contributed by atoms with Crippen LogP contribution in [0.4, 0.5) is 13.2 Å². The van der Waals surface area contributed by atoms with Gasteiger partial charge in [-0.15, -0.1) is 0 Å². The van der Waals surface area contributed by atoms with E-state index >= 15 is 0 Å². The minimum Gasteiger partial charge on any atom is -0.353 e. The van der Waals surface area contributed by atoms with E-state index in [9.17, 15) is 26.4 Å². The van der Waals surface area contributed by atoms with E-state index in [1.807, 2.05) is 0 Å². The molecule has 0 radical (unpaired) electrons. The monoisotopic (exact) mass is 464 g/mol. The molecule has 1 aliphatic carbocycles. The molecule has 4 rings (SSSR count). The van der Waals surface area contributed by atoms with E-state index in [1.165, 1.54) is 18.2 Å². The molecule has 1 aromatic heterocycles. The molecule has 1 heterocycles. The van der Waals surface area contributed by atoms with Gasteiger partial charge in [0.15, 0.2) is 0 Å². The summed E-state index contributed by atoms with van der Waals surface area (Å²) in [4.78, 5) is 15.1. The first kappa shape index (κ1) is 22.4. The average Bonchev–Trinajstić information content (AvgIpc) is 3.03. The van der Waals surface area contributed by atoms with E-state index in [2.05, 4.69) is 10.3 Å². The normalized spacial score (nSPS) is 18.5. The summed E-state index contributed by atoms with van der Waals surface area (Å²) in [6.45, 7) is 0. The Bertz CT molecular complexity index is 1260. The summed E-state index contributed by atoms with van der Waals surface area (Å²) in [5.74, 6) is -2.09. The SMILES string of the molecule is CS(=O)(=O)CCCC(=O)NC1CC(c2c(-c3ccc(F)cc3)[nH]c3c(F)cc(F)cc23)C1. The number of sulfone groups is 1. The van der Waals surface area contributed by atoms with Crippen LogP contribution in [0.2, 0.25) is 0 Å². The number of nitrogens with one attached hydrogen (secondary N) is 2. The van der Waals surface area contributed by atoms with Crippen LogP contribution in [0.1, 0.15) is 37.2 Å². The molecular weight excluding hydrogens is 441 g/mol. The molecule has 1 saturated carbocycles. The minimum absolute atomic E-state index is 0.0405. The summed E-state index contributed by atoms with van der Waals surface area (Å²) in [6.07, 6.45) is 2.68. The largest absolute Gasteiger partial charge is 0.353 e. The molecule has 3 aromatic rings. The fraction of sp³-hybridized carbons (Fsp3) is 0.348. The van der Waals surface area contributed by atoms with Crippen LogP contribution in [-0.2, 0) is 14.6 Å². The van der Waals surface area contributed by atoms with Crippen molar-refractivity contribution in [1.29, 1.82) is 0 Å². The van der Waals surface area contributed by atoms with Crippen molar-refractivity contribution >= 4 is 26.6 Å². The van der Waals surface area contributed by atoms with Gasteiger partial charge in [-0.1, -0.05) is 0 Å². The van der Waals surface area contributed by atoms with Gasteiger partial charge in [-0.05, 0) is 66.6 Å². The molecular formula is C23H23F3N2O3S. The van der Waals surface area contributed by atoms with Crippen molar-refractivity contribution in [2.45, 2.75) is 37.6 Å². The number of rotatable bonds is 7. The summed E-state index contributed by atoms with van der Waals surface area (Å²) in [5, 5.41) is 3.33. The van der Waals surface area contributed by atoms with E-state index in [0.717, 1.165) is 17.9 Å². The van der Waals surface area contributed by atoms with Crippen LogP contribution in [-0.4, -0.2) is 37.4 Å². The van der Waals surface area contributed by atoms with Crippen LogP contribution in [0.25, 0.3) is 22.2 Å². The Morgan fingerprint density at radius 1 is 1.09 bits per heavy atom. The zero-order valence-electron chi connectivity index (χ0n) is 17.4. The van der Waals surface area contributed by atoms with Gasteiger partial charge in [-0.2, -0.15) is 0 Å². The number of hydrogen-bond acceptors (Lipinski definition) is 3. The maximum absolute atomic E-state index is 14.4. The Labute approximate surface area is 183 Å². The van der Waals surface area contributed by atoms with Crippen molar-refractivity contribution in [3.05, 3.63) is 59.4 Å². The number of aromatic nitrogens is 1. The highest BCUT2D eigenvalue weighted by Gasteiger charge is 2.35. The van der Waals surface area contributed by atoms with Gasteiger partial charge in [0.2, 0.25) is 5.91 Å². The van der Waals surface area contributed by atoms with Gasteiger partial charge in [-0.25, -0.2) is 21.6 Å². The highest BCUT2D eigenvalue weighted by Crippen LogP contribution is 2.45. The minimum atomic E-state index is -3.11. The van der Waals surface area contributed by atoms with Crippen LogP contribution < -0.4 is 5.32 Å². The third-order valence-corrected chi connectivity index (χ3v) is 6.86. The van der Waals surface area contributed by atoms with E-state index < -0.39 is 27.3 Å². The number of amides is 1. The van der Waals surface area contributed by atoms with Crippen molar-refractivity contribution in [3.8, 4) is 11.3 Å². The molecule has 0 atom stereocenters. The summed E-state index contributed by atoms with van der Waals surface area (Å²) in [5.41, 5.74) is 2.19. The van der Waals surface area contributed by atoms with Gasteiger partial charge in [0, 0.05) is 30.2 Å². The third-order valence-electron chi connectivity index (χ3n) is 5.83. The summed E-state index contributed by atoms with van der Waals surface area (Å²) >= 11 is 0. The standard InChI is InChI=1S/C23H23F3N2O3S/c1-32(30,31)8-2-3-20(29)27-17-9-14(10-17)21-18-11-16(25)12-19(26)23(18)28-22(21)13-4-6-15(24)7-5-13/h4-7,11-12,14,17,28H,2-3,8-10H2,1H3,(H,27,29). The Hall–Kier alpha value is -2.81. The lowest BCUT2D eigenvalue weighted by Crippen LogP contribution is -2.43. The first-order valence-corrected chi connectivity index (χ1v) is 12.4. The van der Waals surface area contributed by atoms with E-state index in [-0.39, 0.29) is 42.0 Å². The lowest BCUT2D eigenvalue weighted by molar-refractivity contribution is -0.122. The second-order valence-electron chi connectivity index (χ2n) is 8.40. The summed E-state index contributed by atoms with van der Waals surface area (Å²) < 4.78 is 64.2. The predicted molar refractivity (Wildman–Crippen MR) is 116 cm³/mol. The average molecular weight is 465 g/mol. The van der Waals surface area contributed by atoms with Crippen LogP contribution >= 0.6 is 0 Å². The fourth-order valence-corrected chi connectivity index (χ4v) is 4.94. The van der Waals surface area contributed by atoms with Gasteiger partial charge < -0.3 is 10.3 Å². The molecule has 32 heavy (non-hydrogen) atoms. The first-order chi connectivity index (χ1) is 15.1. The smallest absolute Gasteiger partial charge is 0.220 e. The molecule has 0 unspecified atom stereocenters. The van der Waals surface area contributed by atoms with Crippen molar-refractivity contribution in [2.24, 2.45) is 0 Å². The van der Waals surface area contributed by atoms with Crippen molar-refractivity contribution in [2.75, 3.05) is 12.0 Å². The fourth-order valence-electron chi connectivity index (χ4n) is 4.27. The topological polar surface area (TPSA) is 79.0 Å². The number of carbonyl (C=O) groups excluding carboxylic acids is 1. The van der Waals surface area contributed by atoms with Gasteiger partial charge in [-0.3, -0.25) is 4.79 Å². The van der Waals surface area contributed by atoms with Gasteiger partial charge >= 0.3 is 0 Å². The molecule has 0 saturated heterocycles. The summed E-state index contributed by atoms with van der Waals surface area (Å²) in [6, 6.07) is 7.78. The Morgan fingerprint density at radius 3 is 2.44 bits per heavy atom. The number of hydrogen-bond donors (Lipinski definition) is 2.